The number of ketones is 1. The number of hydrogen-bond donors (Lipinski definition) is 0. The summed E-state index contributed by atoms with van der Waals surface area (Å²) in [6.07, 6.45) is 5.68. The molecular weight excluding hydrogens is 328 g/mol. The number of carbonyl (C=O) groups excluding carboxylic acids is 2. The van der Waals surface area contributed by atoms with Crippen LogP contribution in [0.4, 0.5) is 0 Å². The Hall–Kier alpha value is -0.900. The third-order valence-corrected chi connectivity index (χ3v) is 8.71. The SMILES string of the molecule is CC(=O)OC1O[C@@]2(C(C)C)CC[C@@]13C[C@@H]1[C@@H](CC(=O)[C@H]1C)[C@@H](C)CC[C@H]32. The minimum atomic E-state index is -0.432. The van der Waals surface area contributed by atoms with Gasteiger partial charge in [-0.25, -0.2) is 0 Å². The van der Waals surface area contributed by atoms with Crippen molar-refractivity contribution in [3.05, 3.63) is 0 Å². The third kappa shape index (κ3) is 2.36. The monoisotopic (exact) mass is 362 g/mol. The minimum Gasteiger partial charge on any atom is -0.435 e. The van der Waals surface area contributed by atoms with Gasteiger partial charge in [-0.3, -0.25) is 9.59 Å². The molecule has 8 atom stereocenters. The van der Waals surface area contributed by atoms with Gasteiger partial charge >= 0.3 is 5.97 Å². The van der Waals surface area contributed by atoms with E-state index in [-0.39, 0.29) is 22.9 Å². The van der Waals surface area contributed by atoms with Crippen LogP contribution in [0.3, 0.4) is 0 Å². The van der Waals surface area contributed by atoms with Crippen LogP contribution >= 0.6 is 0 Å². The lowest BCUT2D eigenvalue weighted by molar-refractivity contribution is -0.229. The van der Waals surface area contributed by atoms with Crippen LogP contribution in [0.25, 0.3) is 0 Å². The highest BCUT2D eigenvalue weighted by Gasteiger charge is 2.71. The summed E-state index contributed by atoms with van der Waals surface area (Å²) in [5.41, 5.74) is -0.267. The Bertz CT molecular complexity index is 613. The fourth-order valence-electron chi connectivity index (χ4n) is 7.21. The smallest absolute Gasteiger partial charge is 0.304 e. The Morgan fingerprint density at radius 2 is 1.92 bits per heavy atom. The molecule has 1 aliphatic heterocycles. The molecule has 26 heavy (non-hydrogen) atoms. The predicted molar refractivity (Wildman–Crippen MR) is 98.1 cm³/mol. The molecule has 146 valence electrons. The van der Waals surface area contributed by atoms with Gasteiger partial charge in [0.2, 0.25) is 6.29 Å². The molecule has 0 N–H and O–H groups in total. The van der Waals surface area contributed by atoms with Crippen molar-refractivity contribution in [2.45, 2.75) is 85.0 Å². The molecular formula is C22H34O4. The molecule has 4 fully saturated rings. The third-order valence-electron chi connectivity index (χ3n) is 8.71. The second kappa shape index (κ2) is 6.05. The van der Waals surface area contributed by atoms with E-state index in [0.29, 0.717) is 35.4 Å². The molecule has 4 rings (SSSR count). The van der Waals surface area contributed by atoms with Crippen molar-refractivity contribution in [3.63, 3.8) is 0 Å². The molecule has 0 spiro atoms. The van der Waals surface area contributed by atoms with E-state index >= 15 is 0 Å². The van der Waals surface area contributed by atoms with Gasteiger partial charge in [0, 0.05) is 24.7 Å². The lowest BCUT2D eigenvalue weighted by Gasteiger charge is -2.43. The van der Waals surface area contributed by atoms with E-state index in [1.54, 1.807) is 0 Å². The number of Topliss-reactive ketones (excluding diaryl/α,β-unsaturated/α-hetero) is 1. The summed E-state index contributed by atoms with van der Waals surface area (Å²) in [6.45, 7) is 10.4. The summed E-state index contributed by atoms with van der Waals surface area (Å²) < 4.78 is 12.4. The fraction of sp³-hybridized carbons (Fsp3) is 0.909. The average molecular weight is 363 g/mol. The van der Waals surface area contributed by atoms with Crippen LogP contribution in [-0.4, -0.2) is 23.6 Å². The van der Waals surface area contributed by atoms with Gasteiger partial charge in [-0.15, -0.1) is 0 Å². The Labute approximate surface area is 157 Å². The van der Waals surface area contributed by atoms with Crippen molar-refractivity contribution in [1.82, 2.24) is 0 Å². The molecule has 3 saturated carbocycles. The van der Waals surface area contributed by atoms with Crippen LogP contribution in [0.5, 0.6) is 0 Å². The maximum absolute atomic E-state index is 12.5. The molecule has 0 aromatic rings. The lowest BCUT2D eigenvalue weighted by atomic mass is 9.61. The second-order valence-corrected chi connectivity index (χ2v) is 10.0. The van der Waals surface area contributed by atoms with Crippen molar-refractivity contribution in [2.75, 3.05) is 0 Å². The number of fused-ring (bicyclic) bond motifs is 1. The largest absolute Gasteiger partial charge is 0.435 e. The van der Waals surface area contributed by atoms with E-state index in [9.17, 15) is 9.59 Å². The fourth-order valence-corrected chi connectivity index (χ4v) is 7.21. The van der Waals surface area contributed by atoms with Gasteiger partial charge in [-0.2, -0.15) is 0 Å². The summed E-state index contributed by atoms with van der Waals surface area (Å²) in [4.78, 5) is 24.3. The topological polar surface area (TPSA) is 52.6 Å². The standard InChI is InChI=1S/C22H34O4/c1-12(2)22-9-8-21(20(26-22)25-15(5)23)11-17-14(4)18(24)10-16(17)13(3)6-7-19(21)22/h12-14,16-17,19-20H,6-11H2,1-5H3/t13-,14-,16-,17-,19+,20?,21-,22+/m0/s1. The Morgan fingerprint density at radius 1 is 1.19 bits per heavy atom. The first kappa shape index (κ1) is 18.5. The molecule has 0 aromatic heterocycles. The molecule has 4 aliphatic rings. The van der Waals surface area contributed by atoms with Crippen molar-refractivity contribution < 1.29 is 19.1 Å². The summed E-state index contributed by atoms with van der Waals surface area (Å²) in [5.74, 6) is 2.62. The zero-order valence-corrected chi connectivity index (χ0v) is 16.9. The highest BCUT2D eigenvalue weighted by Crippen LogP contribution is 2.69. The quantitative estimate of drug-likeness (QED) is 0.685. The summed E-state index contributed by atoms with van der Waals surface area (Å²) in [7, 11) is 0. The molecule has 0 amide bonds. The molecule has 1 unspecified atom stereocenters. The van der Waals surface area contributed by atoms with E-state index in [1.165, 1.54) is 6.92 Å². The normalized spacial score (nSPS) is 50.3. The van der Waals surface area contributed by atoms with E-state index in [0.717, 1.165) is 38.5 Å². The first-order valence-electron chi connectivity index (χ1n) is 10.6. The highest BCUT2D eigenvalue weighted by atomic mass is 16.7. The van der Waals surface area contributed by atoms with Gasteiger partial charge in [0.15, 0.2) is 0 Å². The molecule has 0 aromatic carbocycles. The van der Waals surface area contributed by atoms with Crippen LogP contribution in [0.15, 0.2) is 0 Å². The van der Waals surface area contributed by atoms with E-state index in [2.05, 4.69) is 27.7 Å². The number of carbonyl (C=O) groups is 2. The van der Waals surface area contributed by atoms with E-state index in [4.69, 9.17) is 9.47 Å². The number of ether oxygens (including phenoxy) is 2. The lowest BCUT2D eigenvalue weighted by Crippen LogP contribution is -2.42. The van der Waals surface area contributed by atoms with Gasteiger partial charge in [-0.05, 0) is 55.3 Å². The summed E-state index contributed by atoms with van der Waals surface area (Å²) >= 11 is 0. The van der Waals surface area contributed by atoms with Gasteiger partial charge < -0.3 is 9.47 Å². The molecule has 4 nitrogen and oxygen atoms in total. The highest BCUT2D eigenvalue weighted by molar-refractivity contribution is 5.83. The number of hydrogen-bond acceptors (Lipinski definition) is 4. The van der Waals surface area contributed by atoms with E-state index < -0.39 is 6.29 Å². The first-order valence-corrected chi connectivity index (χ1v) is 10.6. The first-order chi connectivity index (χ1) is 12.2. The van der Waals surface area contributed by atoms with Crippen LogP contribution in [0.2, 0.25) is 0 Å². The molecule has 0 radical (unpaired) electrons. The average Bonchev–Trinajstić information content (AvgIpc) is 3.11. The number of rotatable bonds is 2. The zero-order chi connectivity index (χ0) is 18.9. The van der Waals surface area contributed by atoms with Crippen LogP contribution in [-0.2, 0) is 19.1 Å². The van der Waals surface area contributed by atoms with Crippen LogP contribution < -0.4 is 0 Å². The number of esters is 1. The Balaban J connectivity index is 1.75. The molecule has 1 saturated heterocycles. The maximum atomic E-state index is 12.5. The molecule has 3 aliphatic carbocycles. The van der Waals surface area contributed by atoms with Crippen molar-refractivity contribution >= 4 is 11.8 Å². The van der Waals surface area contributed by atoms with Crippen molar-refractivity contribution in [1.29, 1.82) is 0 Å². The summed E-state index contributed by atoms with van der Waals surface area (Å²) in [5, 5.41) is 0. The van der Waals surface area contributed by atoms with Crippen LogP contribution in [0.1, 0.15) is 73.1 Å². The molecule has 2 bridgehead atoms. The van der Waals surface area contributed by atoms with Gasteiger partial charge in [-0.1, -0.05) is 34.1 Å². The van der Waals surface area contributed by atoms with Gasteiger partial charge in [0.05, 0.1) is 5.60 Å². The summed E-state index contributed by atoms with van der Waals surface area (Å²) in [6, 6.07) is 0. The maximum Gasteiger partial charge on any atom is 0.304 e. The Morgan fingerprint density at radius 3 is 2.58 bits per heavy atom. The molecule has 1 heterocycles. The minimum absolute atomic E-state index is 0.0993. The van der Waals surface area contributed by atoms with Gasteiger partial charge in [0.1, 0.15) is 5.78 Å². The van der Waals surface area contributed by atoms with E-state index in [1.807, 2.05) is 0 Å². The zero-order valence-electron chi connectivity index (χ0n) is 16.9. The predicted octanol–water partition coefficient (Wildman–Crippen LogP) is 4.36. The van der Waals surface area contributed by atoms with Gasteiger partial charge in [0.25, 0.3) is 0 Å². The Kier molecular flexibility index (Phi) is 4.30. The van der Waals surface area contributed by atoms with Crippen molar-refractivity contribution in [3.8, 4) is 0 Å². The van der Waals surface area contributed by atoms with Crippen molar-refractivity contribution in [2.24, 2.45) is 40.9 Å². The second-order valence-electron chi connectivity index (χ2n) is 10.0. The molecule has 4 heteroatoms. The van der Waals surface area contributed by atoms with Crippen LogP contribution in [0, 0.1) is 40.9 Å².